The molecule has 0 aliphatic rings. The maximum Gasteiger partial charge on any atom is 0.256 e. The van der Waals surface area contributed by atoms with Crippen LogP contribution in [0.15, 0.2) is 53.7 Å². The number of nitrogens with zero attached hydrogens (tertiary/aromatic N) is 4. The smallest absolute Gasteiger partial charge is 0.256 e. The van der Waals surface area contributed by atoms with Crippen molar-refractivity contribution in [2.45, 2.75) is 31.7 Å². The van der Waals surface area contributed by atoms with Gasteiger partial charge in [-0.3, -0.25) is 4.79 Å². The van der Waals surface area contributed by atoms with Gasteiger partial charge in [-0.2, -0.15) is 4.98 Å². The number of carbonyl (C=O) groups excluding carboxylic acids is 1. The molecule has 8 heteroatoms. The Hall–Kier alpha value is -3.26. The lowest BCUT2D eigenvalue weighted by atomic mass is 10.1. The normalized spacial score (nSPS) is 11.1. The Morgan fingerprint density at radius 3 is 2.73 bits per heavy atom. The summed E-state index contributed by atoms with van der Waals surface area (Å²) in [4.78, 5) is 21.7. The van der Waals surface area contributed by atoms with E-state index >= 15 is 0 Å². The summed E-state index contributed by atoms with van der Waals surface area (Å²) in [6, 6.07) is 13.8. The molecule has 1 amide bonds. The summed E-state index contributed by atoms with van der Waals surface area (Å²) >= 11 is 1.42. The summed E-state index contributed by atoms with van der Waals surface area (Å²) in [5.74, 6) is 0.227. The second-order valence-corrected chi connectivity index (χ2v) is 7.97. The Labute approximate surface area is 177 Å². The fraction of sp³-hybridized carbons (Fsp3) is 0.182. The predicted molar refractivity (Wildman–Crippen MR) is 115 cm³/mol. The van der Waals surface area contributed by atoms with Gasteiger partial charge in [0.2, 0.25) is 5.16 Å². The summed E-state index contributed by atoms with van der Waals surface area (Å²) < 4.78 is 15.7. The first-order valence-electron chi connectivity index (χ1n) is 9.40. The van der Waals surface area contributed by atoms with Gasteiger partial charge in [-0.15, -0.1) is 5.10 Å². The molecule has 0 atom stereocenters. The molecule has 2 heterocycles. The van der Waals surface area contributed by atoms with E-state index in [4.69, 9.17) is 0 Å². The van der Waals surface area contributed by atoms with E-state index in [1.165, 1.54) is 17.8 Å². The lowest BCUT2D eigenvalue weighted by molar-refractivity contribution is 0.102. The number of benzene rings is 2. The van der Waals surface area contributed by atoms with Crippen LogP contribution < -0.4 is 5.32 Å². The molecule has 0 spiro atoms. The second kappa shape index (κ2) is 8.23. The fourth-order valence-corrected chi connectivity index (χ4v) is 3.97. The third kappa shape index (κ3) is 4.18. The number of thioether (sulfide) groups is 1. The van der Waals surface area contributed by atoms with Crippen molar-refractivity contribution in [3.8, 4) is 0 Å². The topological polar surface area (TPSA) is 72.2 Å². The molecule has 0 saturated heterocycles. The highest BCUT2D eigenvalue weighted by atomic mass is 32.2. The highest BCUT2D eigenvalue weighted by Crippen LogP contribution is 2.24. The van der Waals surface area contributed by atoms with Crippen LogP contribution in [0.5, 0.6) is 0 Å². The quantitative estimate of drug-likeness (QED) is 0.472. The molecule has 4 rings (SSSR count). The molecule has 2 aromatic carbocycles. The Kier molecular flexibility index (Phi) is 5.50. The van der Waals surface area contributed by atoms with Crippen LogP contribution in [0.2, 0.25) is 0 Å². The summed E-state index contributed by atoms with van der Waals surface area (Å²) in [5.41, 5.74) is 4.17. The molecule has 0 aliphatic carbocycles. The molecule has 4 aromatic rings. The van der Waals surface area contributed by atoms with Crippen molar-refractivity contribution in [1.29, 1.82) is 0 Å². The molecule has 30 heavy (non-hydrogen) atoms. The van der Waals surface area contributed by atoms with Crippen molar-refractivity contribution in [2.24, 2.45) is 0 Å². The average molecular weight is 422 g/mol. The maximum absolute atomic E-state index is 14.0. The number of aryl methyl sites for hydroxylation is 3. The van der Waals surface area contributed by atoms with Crippen LogP contribution in [0.25, 0.3) is 5.78 Å². The molecule has 0 radical (unpaired) electrons. The largest absolute Gasteiger partial charge is 0.319 e. The van der Waals surface area contributed by atoms with Gasteiger partial charge in [-0.25, -0.2) is 13.9 Å². The minimum atomic E-state index is -0.465. The van der Waals surface area contributed by atoms with Crippen LogP contribution in [0.4, 0.5) is 10.1 Å². The zero-order chi connectivity index (χ0) is 21.3. The molecule has 152 valence electrons. The Morgan fingerprint density at radius 1 is 1.10 bits per heavy atom. The molecular weight excluding hydrogens is 401 g/mol. The van der Waals surface area contributed by atoms with Gasteiger partial charge >= 0.3 is 0 Å². The number of nitrogens with one attached hydrogen (secondary N) is 1. The summed E-state index contributed by atoms with van der Waals surface area (Å²) in [7, 11) is 0. The van der Waals surface area contributed by atoms with Crippen molar-refractivity contribution in [3.63, 3.8) is 0 Å². The minimum absolute atomic E-state index is 0.168. The molecular formula is C22H20FN5OS. The van der Waals surface area contributed by atoms with Gasteiger partial charge in [0.05, 0.1) is 5.69 Å². The van der Waals surface area contributed by atoms with E-state index in [1.807, 2.05) is 39.0 Å². The molecule has 2 aromatic heterocycles. The zero-order valence-electron chi connectivity index (χ0n) is 16.8. The Bertz CT molecular complexity index is 1250. The second-order valence-electron chi connectivity index (χ2n) is 7.03. The number of amides is 1. The predicted octanol–water partition coefficient (Wildman–Crippen LogP) is 4.73. The van der Waals surface area contributed by atoms with E-state index in [0.717, 1.165) is 22.5 Å². The molecule has 6 nitrogen and oxygen atoms in total. The van der Waals surface area contributed by atoms with Crippen LogP contribution in [0.3, 0.4) is 0 Å². The van der Waals surface area contributed by atoms with Gasteiger partial charge in [0.1, 0.15) is 5.82 Å². The van der Waals surface area contributed by atoms with Crippen molar-refractivity contribution in [3.05, 3.63) is 82.4 Å². The Morgan fingerprint density at radius 2 is 1.90 bits per heavy atom. The van der Waals surface area contributed by atoms with Gasteiger partial charge in [-0.1, -0.05) is 36.0 Å². The number of hydrogen-bond acceptors (Lipinski definition) is 5. The monoisotopic (exact) mass is 421 g/mol. The van der Waals surface area contributed by atoms with Gasteiger partial charge in [-0.05, 0) is 56.2 Å². The van der Waals surface area contributed by atoms with E-state index in [1.54, 1.807) is 28.8 Å². The van der Waals surface area contributed by atoms with Crippen LogP contribution in [-0.4, -0.2) is 25.5 Å². The molecule has 0 bridgehead atoms. The first kappa shape index (κ1) is 20.0. The van der Waals surface area contributed by atoms with E-state index in [-0.39, 0.29) is 11.6 Å². The number of aromatic nitrogens is 4. The third-order valence-electron chi connectivity index (χ3n) is 4.59. The van der Waals surface area contributed by atoms with Crippen LogP contribution >= 0.6 is 11.8 Å². The van der Waals surface area contributed by atoms with Gasteiger partial charge < -0.3 is 5.32 Å². The van der Waals surface area contributed by atoms with E-state index in [9.17, 15) is 9.18 Å². The van der Waals surface area contributed by atoms with Crippen LogP contribution in [0.1, 0.15) is 32.9 Å². The molecule has 0 fully saturated rings. The van der Waals surface area contributed by atoms with E-state index < -0.39 is 5.82 Å². The fourth-order valence-electron chi connectivity index (χ4n) is 3.14. The zero-order valence-corrected chi connectivity index (χ0v) is 17.6. The van der Waals surface area contributed by atoms with Crippen molar-refractivity contribution < 1.29 is 9.18 Å². The summed E-state index contributed by atoms with van der Waals surface area (Å²) in [6.07, 6.45) is 0. The summed E-state index contributed by atoms with van der Waals surface area (Å²) in [5, 5.41) is 7.74. The third-order valence-corrected chi connectivity index (χ3v) is 5.47. The maximum atomic E-state index is 14.0. The standard InChI is InChI=1S/C22H20FN5OS/c1-13-8-9-18(23)19(10-13)25-20(29)17-7-5-4-6-16(17)12-30-22-26-21-24-14(2)11-15(3)28(21)27-22/h4-11H,12H2,1-3H3,(H,25,29). The highest BCUT2D eigenvalue weighted by Gasteiger charge is 2.15. The number of halogens is 1. The average Bonchev–Trinajstić information content (AvgIpc) is 3.12. The molecule has 0 aliphatic heterocycles. The number of anilines is 1. The number of rotatable bonds is 5. The molecule has 1 N–H and O–H groups in total. The lowest BCUT2D eigenvalue weighted by Gasteiger charge is -2.10. The van der Waals surface area contributed by atoms with Gasteiger partial charge in [0.25, 0.3) is 11.7 Å². The number of carbonyl (C=O) groups is 1. The number of hydrogen-bond donors (Lipinski definition) is 1. The first-order chi connectivity index (χ1) is 14.4. The van der Waals surface area contributed by atoms with Crippen molar-refractivity contribution in [1.82, 2.24) is 19.6 Å². The van der Waals surface area contributed by atoms with Crippen LogP contribution in [-0.2, 0) is 5.75 Å². The lowest BCUT2D eigenvalue weighted by Crippen LogP contribution is -2.15. The summed E-state index contributed by atoms with van der Waals surface area (Å²) in [6.45, 7) is 5.72. The SMILES string of the molecule is Cc1ccc(F)c(NC(=O)c2ccccc2CSc2nc3nc(C)cc(C)n3n2)c1. The van der Waals surface area contributed by atoms with Crippen LogP contribution in [0, 0.1) is 26.6 Å². The van der Waals surface area contributed by atoms with E-state index in [0.29, 0.717) is 22.3 Å². The van der Waals surface area contributed by atoms with Crippen molar-refractivity contribution in [2.75, 3.05) is 5.32 Å². The van der Waals surface area contributed by atoms with E-state index in [2.05, 4.69) is 20.4 Å². The Balaban J connectivity index is 1.54. The van der Waals surface area contributed by atoms with Gasteiger partial charge in [0.15, 0.2) is 0 Å². The number of fused-ring (bicyclic) bond motifs is 1. The minimum Gasteiger partial charge on any atom is -0.319 e. The van der Waals surface area contributed by atoms with Gasteiger partial charge in [0, 0.05) is 22.7 Å². The van der Waals surface area contributed by atoms with Crippen molar-refractivity contribution >= 4 is 29.1 Å². The molecule has 0 unspecified atom stereocenters. The first-order valence-corrected chi connectivity index (χ1v) is 10.4. The molecule has 0 saturated carbocycles. The highest BCUT2D eigenvalue weighted by molar-refractivity contribution is 7.98.